The Kier molecular flexibility index (Phi) is 8.38. The van der Waals surface area contributed by atoms with Gasteiger partial charge in [0.15, 0.2) is 0 Å². The number of halogens is 1. The molecule has 2 heterocycles. The number of nitrogens with one attached hydrogen (secondary N) is 1. The van der Waals surface area contributed by atoms with Crippen LogP contribution >= 0.6 is 23.7 Å². The van der Waals surface area contributed by atoms with Crippen LogP contribution in [0.5, 0.6) is 5.75 Å². The van der Waals surface area contributed by atoms with Gasteiger partial charge in [-0.25, -0.2) is 0 Å². The van der Waals surface area contributed by atoms with Crippen LogP contribution in [0.3, 0.4) is 0 Å². The second kappa shape index (κ2) is 10.5. The molecular weight excluding hydrogens is 372 g/mol. The van der Waals surface area contributed by atoms with Crippen molar-refractivity contribution in [1.29, 1.82) is 0 Å². The van der Waals surface area contributed by atoms with Crippen LogP contribution < -0.4 is 10.1 Å². The van der Waals surface area contributed by atoms with Gasteiger partial charge in [-0.15, -0.1) is 23.7 Å². The van der Waals surface area contributed by atoms with Crippen LogP contribution in [0.2, 0.25) is 0 Å². The first-order valence-corrected chi connectivity index (χ1v) is 9.52. The van der Waals surface area contributed by atoms with Crippen molar-refractivity contribution >= 4 is 29.7 Å². The fraction of sp³-hybridized carbons (Fsp3) is 0.421. The minimum Gasteiger partial charge on any atom is -0.493 e. The number of carbonyl (C=O) groups excluding carboxylic acids is 1. The van der Waals surface area contributed by atoms with E-state index in [0.29, 0.717) is 24.5 Å². The van der Waals surface area contributed by atoms with Gasteiger partial charge in [-0.1, -0.05) is 18.2 Å². The van der Waals surface area contributed by atoms with Crippen LogP contribution in [0, 0.1) is 0 Å². The predicted octanol–water partition coefficient (Wildman–Crippen LogP) is 3.37. The molecule has 1 unspecified atom stereocenters. The summed E-state index contributed by atoms with van der Waals surface area (Å²) in [5.74, 6) is 0.528. The maximum absolute atomic E-state index is 12.7. The second-order valence-electron chi connectivity index (χ2n) is 5.82. The first-order valence-electron chi connectivity index (χ1n) is 8.65. The summed E-state index contributed by atoms with van der Waals surface area (Å²) in [5.41, 5.74) is 0.580. The fourth-order valence-electron chi connectivity index (χ4n) is 3.00. The lowest BCUT2D eigenvalue weighted by molar-refractivity contribution is 0.0169. The molecule has 3 rings (SSSR count). The average Bonchev–Trinajstić information content (AvgIpc) is 3.18. The van der Waals surface area contributed by atoms with Crippen molar-refractivity contribution in [3.63, 3.8) is 0 Å². The third kappa shape index (κ3) is 5.20. The molecule has 0 spiro atoms. The molecule has 0 radical (unpaired) electrons. The predicted molar refractivity (Wildman–Crippen MR) is 107 cm³/mol. The van der Waals surface area contributed by atoms with Crippen molar-refractivity contribution in [2.45, 2.75) is 13.0 Å². The SMILES string of the molecule is CCOc1ccccc1C(=O)NCC(c1cccs1)N1CCOCC1.Cl. The molecule has 1 aliphatic heterocycles. The molecule has 1 saturated heterocycles. The average molecular weight is 397 g/mol. The van der Waals surface area contributed by atoms with Crippen molar-refractivity contribution in [1.82, 2.24) is 10.2 Å². The Labute approximate surface area is 164 Å². The van der Waals surface area contributed by atoms with Gasteiger partial charge in [-0.2, -0.15) is 0 Å². The summed E-state index contributed by atoms with van der Waals surface area (Å²) in [6.07, 6.45) is 0. The van der Waals surface area contributed by atoms with Crippen LogP contribution in [-0.4, -0.2) is 50.3 Å². The second-order valence-corrected chi connectivity index (χ2v) is 6.80. The minimum absolute atomic E-state index is 0. The number of hydrogen-bond donors (Lipinski definition) is 1. The van der Waals surface area contributed by atoms with Crippen LogP contribution in [-0.2, 0) is 4.74 Å². The Morgan fingerprint density at radius 2 is 2.04 bits per heavy atom. The highest BCUT2D eigenvalue weighted by Crippen LogP contribution is 2.26. The third-order valence-corrected chi connectivity index (χ3v) is 5.22. The molecule has 1 aliphatic rings. The summed E-state index contributed by atoms with van der Waals surface area (Å²) < 4.78 is 11.0. The largest absolute Gasteiger partial charge is 0.493 e. The number of benzene rings is 1. The lowest BCUT2D eigenvalue weighted by atomic mass is 10.1. The zero-order chi connectivity index (χ0) is 17.5. The lowest BCUT2D eigenvalue weighted by Gasteiger charge is -2.34. The van der Waals surface area contributed by atoms with Gasteiger partial charge in [0, 0.05) is 24.5 Å². The normalized spacial score (nSPS) is 15.7. The van der Waals surface area contributed by atoms with Gasteiger partial charge < -0.3 is 14.8 Å². The molecule has 26 heavy (non-hydrogen) atoms. The molecule has 1 amide bonds. The summed E-state index contributed by atoms with van der Waals surface area (Å²) in [6.45, 7) is 6.27. The van der Waals surface area contributed by atoms with Crippen molar-refractivity contribution in [2.24, 2.45) is 0 Å². The highest BCUT2D eigenvalue weighted by atomic mass is 35.5. The van der Waals surface area contributed by atoms with Crippen molar-refractivity contribution < 1.29 is 14.3 Å². The van der Waals surface area contributed by atoms with Gasteiger partial charge in [0.2, 0.25) is 0 Å². The standard InChI is InChI=1S/C19H24N2O3S.ClH/c1-2-24-17-7-4-3-6-15(17)19(22)20-14-16(18-8-5-13-25-18)21-9-11-23-12-10-21;/h3-8,13,16H,2,9-12,14H2,1H3,(H,20,22);1H. The summed E-state index contributed by atoms with van der Waals surface area (Å²) >= 11 is 1.72. The smallest absolute Gasteiger partial charge is 0.255 e. The molecule has 1 atom stereocenters. The number of nitrogens with zero attached hydrogens (tertiary/aromatic N) is 1. The van der Waals surface area contributed by atoms with E-state index >= 15 is 0 Å². The maximum atomic E-state index is 12.7. The minimum atomic E-state index is -0.0983. The number of thiophene rings is 1. The lowest BCUT2D eigenvalue weighted by Crippen LogP contribution is -2.43. The van der Waals surface area contributed by atoms with Crippen LogP contribution in [0.15, 0.2) is 41.8 Å². The maximum Gasteiger partial charge on any atom is 0.255 e. The van der Waals surface area contributed by atoms with Gasteiger partial charge in [-0.05, 0) is 30.5 Å². The molecule has 0 saturated carbocycles. The molecule has 5 nitrogen and oxygen atoms in total. The van der Waals surface area contributed by atoms with E-state index < -0.39 is 0 Å². The van der Waals surface area contributed by atoms with Gasteiger partial charge >= 0.3 is 0 Å². The zero-order valence-corrected chi connectivity index (χ0v) is 16.5. The third-order valence-electron chi connectivity index (χ3n) is 4.25. The Balaban J connectivity index is 0.00000243. The van der Waals surface area contributed by atoms with E-state index in [1.54, 1.807) is 17.4 Å². The highest BCUT2D eigenvalue weighted by Gasteiger charge is 2.24. The summed E-state index contributed by atoms with van der Waals surface area (Å²) in [5, 5.41) is 5.17. The Bertz CT molecular complexity index is 675. The van der Waals surface area contributed by atoms with Crippen molar-refractivity contribution in [2.75, 3.05) is 39.5 Å². The molecule has 142 valence electrons. The van der Waals surface area contributed by atoms with E-state index in [-0.39, 0.29) is 24.4 Å². The van der Waals surface area contributed by atoms with Crippen LogP contribution in [0.25, 0.3) is 0 Å². The molecule has 0 bridgehead atoms. The van der Waals surface area contributed by atoms with E-state index in [9.17, 15) is 4.79 Å². The highest BCUT2D eigenvalue weighted by molar-refractivity contribution is 7.10. The number of ether oxygens (including phenoxy) is 2. The Morgan fingerprint density at radius 1 is 1.27 bits per heavy atom. The van der Waals surface area contributed by atoms with Crippen LogP contribution in [0.4, 0.5) is 0 Å². The molecular formula is C19H25ClN2O3S. The summed E-state index contributed by atoms with van der Waals surface area (Å²) in [6, 6.07) is 11.7. The molecule has 1 N–H and O–H groups in total. The number of para-hydroxylation sites is 1. The first kappa shape index (κ1) is 20.7. The fourth-order valence-corrected chi connectivity index (χ4v) is 3.86. The molecule has 2 aromatic rings. The molecule has 1 aromatic carbocycles. The van der Waals surface area contributed by atoms with Crippen molar-refractivity contribution in [3.05, 3.63) is 52.2 Å². The molecule has 1 aromatic heterocycles. The van der Waals surface area contributed by atoms with Gasteiger partial charge in [-0.3, -0.25) is 9.69 Å². The van der Waals surface area contributed by atoms with E-state index in [0.717, 1.165) is 26.3 Å². The van der Waals surface area contributed by atoms with Gasteiger partial charge in [0.05, 0.1) is 31.4 Å². The molecule has 1 fully saturated rings. The number of hydrogen-bond acceptors (Lipinski definition) is 5. The van der Waals surface area contributed by atoms with Crippen molar-refractivity contribution in [3.8, 4) is 5.75 Å². The van der Waals surface area contributed by atoms with E-state index in [1.807, 2.05) is 25.1 Å². The number of amides is 1. The topological polar surface area (TPSA) is 50.8 Å². The van der Waals surface area contributed by atoms with E-state index in [1.165, 1.54) is 4.88 Å². The summed E-state index contributed by atoms with van der Waals surface area (Å²) in [7, 11) is 0. The van der Waals surface area contributed by atoms with E-state index in [2.05, 4.69) is 27.7 Å². The van der Waals surface area contributed by atoms with Gasteiger partial charge in [0.1, 0.15) is 5.75 Å². The number of carbonyl (C=O) groups is 1. The van der Waals surface area contributed by atoms with Gasteiger partial charge in [0.25, 0.3) is 5.91 Å². The number of morpholine rings is 1. The zero-order valence-electron chi connectivity index (χ0n) is 14.8. The quantitative estimate of drug-likeness (QED) is 0.779. The summed E-state index contributed by atoms with van der Waals surface area (Å²) in [4.78, 5) is 16.3. The Hall–Kier alpha value is -1.60. The molecule has 0 aliphatic carbocycles. The van der Waals surface area contributed by atoms with E-state index in [4.69, 9.17) is 9.47 Å². The first-order chi connectivity index (χ1) is 12.3. The number of rotatable bonds is 7. The monoisotopic (exact) mass is 396 g/mol. The Morgan fingerprint density at radius 3 is 2.73 bits per heavy atom. The van der Waals surface area contributed by atoms with Crippen LogP contribution in [0.1, 0.15) is 28.2 Å². The molecule has 7 heteroatoms.